The number of piperidine rings is 1. The van der Waals surface area contributed by atoms with E-state index in [4.69, 9.17) is 5.73 Å². The van der Waals surface area contributed by atoms with Crippen molar-refractivity contribution in [1.82, 2.24) is 4.90 Å². The molecule has 1 aliphatic rings. The number of nitrogens with zero attached hydrogens (tertiary/aromatic N) is 1. The SMILES string of the molecule is Cl.NCC1CCCN(Cc2csc(Br)c2)C1. The van der Waals surface area contributed by atoms with Crippen molar-refractivity contribution in [2.24, 2.45) is 11.7 Å². The number of likely N-dealkylation sites (tertiary alicyclic amines) is 1. The van der Waals surface area contributed by atoms with Gasteiger partial charge in [0.2, 0.25) is 0 Å². The van der Waals surface area contributed by atoms with Gasteiger partial charge in [0, 0.05) is 13.1 Å². The highest BCUT2D eigenvalue weighted by Crippen LogP contribution is 2.23. The first-order valence-electron chi connectivity index (χ1n) is 5.43. The molecule has 0 bridgehead atoms. The summed E-state index contributed by atoms with van der Waals surface area (Å²) in [5, 5.41) is 2.23. The van der Waals surface area contributed by atoms with Gasteiger partial charge in [0.25, 0.3) is 0 Å². The smallest absolute Gasteiger partial charge is 0.0701 e. The third-order valence-electron chi connectivity index (χ3n) is 2.96. The van der Waals surface area contributed by atoms with Gasteiger partial charge in [-0.3, -0.25) is 4.90 Å². The number of hydrogen-bond donors (Lipinski definition) is 1. The standard InChI is InChI=1S/C11H17BrN2S.ClH/c12-11-4-10(8-15-11)7-14-3-1-2-9(5-13)6-14;/h4,8-9H,1-3,5-7,13H2;1H. The molecule has 16 heavy (non-hydrogen) atoms. The first kappa shape index (κ1) is 14.5. The van der Waals surface area contributed by atoms with Crippen LogP contribution in [0.25, 0.3) is 0 Å². The maximum Gasteiger partial charge on any atom is 0.0701 e. The molecule has 1 aliphatic heterocycles. The van der Waals surface area contributed by atoms with E-state index in [2.05, 4.69) is 32.3 Å². The van der Waals surface area contributed by atoms with Gasteiger partial charge in [-0.25, -0.2) is 0 Å². The zero-order valence-electron chi connectivity index (χ0n) is 9.19. The minimum Gasteiger partial charge on any atom is -0.330 e. The molecule has 92 valence electrons. The number of hydrogen-bond acceptors (Lipinski definition) is 3. The second-order valence-corrected chi connectivity index (χ2v) is 6.53. The number of rotatable bonds is 3. The molecule has 0 aliphatic carbocycles. The summed E-state index contributed by atoms with van der Waals surface area (Å²) in [6.45, 7) is 4.32. The summed E-state index contributed by atoms with van der Waals surface area (Å²) >= 11 is 5.27. The predicted molar refractivity (Wildman–Crippen MR) is 76.3 cm³/mol. The van der Waals surface area contributed by atoms with E-state index in [1.54, 1.807) is 11.3 Å². The third-order valence-corrected chi connectivity index (χ3v) is 4.52. The predicted octanol–water partition coefficient (Wildman–Crippen LogP) is 3.10. The van der Waals surface area contributed by atoms with Crippen LogP contribution in [0.15, 0.2) is 15.2 Å². The van der Waals surface area contributed by atoms with Gasteiger partial charge >= 0.3 is 0 Å². The summed E-state index contributed by atoms with van der Waals surface area (Å²) in [5.41, 5.74) is 7.15. The maximum absolute atomic E-state index is 5.73. The van der Waals surface area contributed by atoms with Crippen molar-refractivity contribution in [1.29, 1.82) is 0 Å². The van der Waals surface area contributed by atoms with Gasteiger partial charge in [-0.15, -0.1) is 23.7 Å². The fourth-order valence-corrected chi connectivity index (χ4v) is 3.37. The van der Waals surface area contributed by atoms with Crippen LogP contribution in [0, 0.1) is 5.92 Å². The summed E-state index contributed by atoms with van der Waals surface area (Å²) < 4.78 is 1.23. The summed E-state index contributed by atoms with van der Waals surface area (Å²) in [5.74, 6) is 0.709. The van der Waals surface area contributed by atoms with Gasteiger partial charge < -0.3 is 5.73 Å². The average Bonchev–Trinajstić information content (AvgIpc) is 2.64. The number of thiophene rings is 1. The summed E-state index contributed by atoms with van der Waals surface area (Å²) in [7, 11) is 0. The van der Waals surface area contributed by atoms with Crippen molar-refractivity contribution >= 4 is 39.7 Å². The van der Waals surface area contributed by atoms with Crippen LogP contribution in [0.5, 0.6) is 0 Å². The number of nitrogens with two attached hydrogens (primary N) is 1. The highest BCUT2D eigenvalue weighted by atomic mass is 79.9. The molecule has 1 saturated heterocycles. The van der Waals surface area contributed by atoms with Crippen LogP contribution in [0.4, 0.5) is 0 Å². The molecule has 2 nitrogen and oxygen atoms in total. The third kappa shape index (κ3) is 4.00. The molecule has 1 aromatic rings. The maximum atomic E-state index is 5.73. The molecule has 1 aromatic heterocycles. The van der Waals surface area contributed by atoms with Crippen molar-refractivity contribution in [3.05, 3.63) is 20.8 Å². The molecule has 0 aromatic carbocycles. The van der Waals surface area contributed by atoms with E-state index in [1.165, 1.54) is 35.3 Å². The molecule has 2 heterocycles. The van der Waals surface area contributed by atoms with E-state index in [9.17, 15) is 0 Å². The van der Waals surface area contributed by atoms with Gasteiger partial charge in [0.1, 0.15) is 0 Å². The Morgan fingerprint density at radius 3 is 3.00 bits per heavy atom. The minimum absolute atomic E-state index is 0. The van der Waals surface area contributed by atoms with Crippen LogP contribution in [-0.2, 0) is 6.54 Å². The van der Waals surface area contributed by atoms with Crippen molar-refractivity contribution in [2.75, 3.05) is 19.6 Å². The second kappa shape index (κ2) is 6.97. The molecule has 0 amide bonds. The Kier molecular flexibility index (Phi) is 6.29. The molecule has 2 N–H and O–H groups in total. The molecule has 1 fully saturated rings. The molecule has 5 heteroatoms. The highest BCUT2D eigenvalue weighted by molar-refractivity contribution is 9.11. The van der Waals surface area contributed by atoms with Crippen LogP contribution in [0.2, 0.25) is 0 Å². The van der Waals surface area contributed by atoms with Crippen LogP contribution >= 0.6 is 39.7 Å². The van der Waals surface area contributed by atoms with E-state index in [-0.39, 0.29) is 12.4 Å². The van der Waals surface area contributed by atoms with Gasteiger partial charge in [0.05, 0.1) is 3.79 Å². The summed E-state index contributed by atoms with van der Waals surface area (Å²) in [6.07, 6.45) is 2.60. The average molecular weight is 326 g/mol. The second-order valence-electron chi connectivity index (χ2n) is 4.24. The van der Waals surface area contributed by atoms with E-state index in [0.717, 1.165) is 13.1 Å². The van der Waals surface area contributed by atoms with Crippen molar-refractivity contribution < 1.29 is 0 Å². The molecular weight excluding hydrogens is 308 g/mol. The Morgan fingerprint density at radius 1 is 1.56 bits per heavy atom. The highest BCUT2D eigenvalue weighted by Gasteiger charge is 2.18. The van der Waals surface area contributed by atoms with E-state index in [1.807, 2.05) is 0 Å². The largest absolute Gasteiger partial charge is 0.330 e. The van der Waals surface area contributed by atoms with Crippen LogP contribution in [0.3, 0.4) is 0 Å². The quantitative estimate of drug-likeness (QED) is 0.925. The lowest BCUT2D eigenvalue weighted by Gasteiger charge is -2.31. The summed E-state index contributed by atoms with van der Waals surface area (Å²) in [4.78, 5) is 2.52. The normalized spacial score (nSPS) is 21.8. The van der Waals surface area contributed by atoms with Crippen molar-refractivity contribution in [3.63, 3.8) is 0 Å². The first-order valence-corrected chi connectivity index (χ1v) is 7.10. The number of halogens is 2. The van der Waals surface area contributed by atoms with Crippen LogP contribution < -0.4 is 5.73 Å². The first-order chi connectivity index (χ1) is 7.28. The van der Waals surface area contributed by atoms with Crippen molar-refractivity contribution in [3.8, 4) is 0 Å². The monoisotopic (exact) mass is 324 g/mol. The van der Waals surface area contributed by atoms with E-state index in [0.29, 0.717) is 5.92 Å². The van der Waals surface area contributed by atoms with Gasteiger partial charge in [0.15, 0.2) is 0 Å². The fourth-order valence-electron chi connectivity index (χ4n) is 2.17. The van der Waals surface area contributed by atoms with Crippen LogP contribution in [-0.4, -0.2) is 24.5 Å². The lowest BCUT2D eigenvalue weighted by molar-refractivity contribution is 0.171. The Bertz CT molecular complexity index is 319. The lowest BCUT2D eigenvalue weighted by atomic mass is 9.98. The Morgan fingerprint density at radius 2 is 2.38 bits per heavy atom. The molecule has 0 saturated carbocycles. The van der Waals surface area contributed by atoms with E-state index >= 15 is 0 Å². The van der Waals surface area contributed by atoms with Gasteiger partial charge in [-0.2, -0.15) is 0 Å². The minimum atomic E-state index is 0. The molecule has 2 rings (SSSR count). The topological polar surface area (TPSA) is 29.3 Å². The fraction of sp³-hybridized carbons (Fsp3) is 0.636. The molecule has 0 radical (unpaired) electrons. The van der Waals surface area contributed by atoms with Crippen molar-refractivity contribution in [2.45, 2.75) is 19.4 Å². The Hall–Kier alpha value is 0.390. The molecule has 1 atom stereocenters. The zero-order chi connectivity index (χ0) is 10.7. The summed E-state index contributed by atoms with van der Waals surface area (Å²) in [6, 6.07) is 2.22. The Balaban J connectivity index is 0.00000128. The molecule has 0 spiro atoms. The Labute approximate surface area is 116 Å². The zero-order valence-corrected chi connectivity index (χ0v) is 12.4. The molecular formula is C11H18BrClN2S. The molecule has 1 unspecified atom stereocenters. The van der Waals surface area contributed by atoms with Gasteiger partial charge in [-0.05, 0) is 64.8 Å². The van der Waals surface area contributed by atoms with Gasteiger partial charge in [-0.1, -0.05) is 0 Å². The van der Waals surface area contributed by atoms with Crippen LogP contribution in [0.1, 0.15) is 18.4 Å². The van der Waals surface area contributed by atoms with E-state index < -0.39 is 0 Å². The lowest BCUT2D eigenvalue weighted by Crippen LogP contribution is -2.37.